The van der Waals surface area contributed by atoms with Gasteiger partial charge in [-0.05, 0) is 35.4 Å². The van der Waals surface area contributed by atoms with Crippen molar-refractivity contribution in [3.8, 4) is 0 Å². The minimum Gasteiger partial charge on any atom is -0.398 e. The van der Waals surface area contributed by atoms with Crippen molar-refractivity contribution in [3.05, 3.63) is 63.6 Å². The maximum Gasteiger partial charge on any atom is 0.0613 e. The van der Waals surface area contributed by atoms with Gasteiger partial charge in [0.25, 0.3) is 0 Å². The summed E-state index contributed by atoms with van der Waals surface area (Å²) in [5, 5.41) is 13.5. The lowest BCUT2D eigenvalue weighted by atomic mass is 9.97. The number of nitrogens with two attached hydrogens (primary N) is 1. The summed E-state index contributed by atoms with van der Waals surface area (Å²) in [6.07, 6.45) is 0. The third-order valence-electron chi connectivity index (χ3n) is 3.04. The zero-order valence-corrected chi connectivity index (χ0v) is 12.3. The number of aliphatic hydroxyl groups excluding tert-OH is 1. The molecule has 2 rings (SSSR count). The fraction of sp³-hybridized carbons (Fsp3) is 0.200. The first-order chi connectivity index (χ1) is 9.63. The van der Waals surface area contributed by atoms with E-state index in [0.717, 1.165) is 11.1 Å². The van der Waals surface area contributed by atoms with Gasteiger partial charge in [-0.1, -0.05) is 41.4 Å². The van der Waals surface area contributed by atoms with E-state index >= 15 is 0 Å². The van der Waals surface area contributed by atoms with Crippen LogP contribution in [-0.2, 0) is 0 Å². The summed E-state index contributed by atoms with van der Waals surface area (Å²) in [7, 11) is 0. The Kier molecular flexibility index (Phi) is 5.26. The van der Waals surface area contributed by atoms with Crippen molar-refractivity contribution in [2.45, 2.75) is 6.04 Å². The minimum absolute atomic E-state index is 0.0292. The molecule has 0 heterocycles. The topological polar surface area (TPSA) is 58.3 Å². The number of hydrogen-bond acceptors (Lipinski definition) is 3. The van der Waals surface area contributed by atoms with Crippen LogP contribution in [0.25, 0.3) is 0 Å². The van der Waals surface area contributed by atoms with Crippen molar-refractivity contribution in [2.24, 2.45) is 0 Å². The van der Waals surface area contributed by atoms with Crippen molar-refractivity contribution in [2.75, 3.05) is 18.9 Å². The van der Waals surface area contributed by atoms with Crippen LogP contribution in [0.1, 0.15) is 17.2 Å². The molecule has 0 spiro atoms. The summed E-state index contributed by atoms with van der Waals surface area (Å²) < 4.78 is 0. The number of hydrogen-bond donors (Lipinski definition) is 3. The molecule has 0 aromatic heterocycles. The number of rotatable bonds is 5. The Bertz CT molecular complexity index is 590. The maximum atomic E-state index is 9.05. The van der Waals surface area contributed by atoms with Crippen LogP contribution in [-0.4, -0.2) is 18.3 Å². The van der Waals surface area contributed by atoms with E-state index in [0.29, 0.717) is 22.3 Å². The molecule has 0 aliphatic carbocycles. The fourth-order valence-corrected chi connectivity index (χ4v) is 2.53. The average Bonchev–Trinajstić information content (AvgIpc) is 2.44. The zero-order chi connectivity index (χ0) is 14.5. The molecule has 0 bridgehead atoms. The first kappa shape index (κ1) is 15.1. The van der Waals surface area contributed by atoms with Crippen molar-refractivity contribution in [1.82, 2.24) is 5.32 Å². The second-order valence-corrected chi connectivity index (χ2v) is 5.25. The number of anilines is 1. The first-order valence-electron chi connectivity index (χ1n) is 6.27. The summed E-state index contributed by atoms with van der Waals surface area (Å²) in [5.41, 5.74) is 8.42. The van der Waals surface area contributed by atoms with Crippen LogP contribution < -0.4 is 11.1 Å². The van der Waals surface area contributed by atoms with Gasteiger partial charge < -0.3 is 16.2 Å². The van der Waals surface area contributed by atoms with Crippen LogP contribution in [0.2, 0.25) is 10.0 Å². The van der Waals surface area contributed by atoms with Crippen LogP contribution in [0, 0.1) is 0 Å². The molecule has 0 fully saturated rings. The summed E-state index contributed by atoms with van der Waals surface area (Å²) in [4.78, 5) is 0. The van der Waals surface area contributed by atoms with E-state index in [9.17, 15) is 0 Å². The van der Waals surface area contributed by atoms with Crippen molar-refractivity contribution < 1.29 is 5.11 Å². The monoisotopic (exact) mass is 310 g/mol. The summed E-state index contributed by atoms with van der Waals surface area (Å²) in [6.45, 7) is 0.462. The van der Waals surface area contributed by atoms with E-state index in [-0.39, 0.29) is 12.6 Å². The first-order valence-corrected chi connectivity index (χ1v) is 7.02. The summed E-state index contributed by atoms with van der Waals surface area (Å²) in [5.74, 6) is 0. The molecule has 1 unspecified atom stereocenters. The maximum absolute atomic E-state index is 9.05. The lowest BCUT2D eigenvalue weighted by Crippen LogP contribution is -2.26. The third-order valence-corrected chi connectivity index (χ3v) is 3.62. The summed E-state index contributed by atoms with van der Waals surface area (Å²) in [6, 6.07) is 12.7. The second kappa shape index (κ2) is 6.95. The number of nitrogens with one attached hydrogen (secondary N) is 1. The predicted molar refractivity (Wildman–Crippen MR) is 84.2 cm³/mol. The molecule has 2 aromatic carbocycles. The Morgan fingerprint density at radius 1 is 1.10 bits per heavy atom. The van der Waals surface area contributed by atoms with Gasteiger partial charge in [-0.25, -0.2) is 0 Å². The van der Waals surface area contributed by atoms with Gasteiger partial charge in [0.05, 0.1) is 12.6 Å². The van der Waals surface area contributed by atoms with Gasteiger partial charge in [0, 0.05) is 22.3 Å². The van der Waals surface area contributed by atoms with Gasteiger partial charge in [0.15, 0.2) is 0 Å². The second-order valence-electron chi connectivity index (χ2n) is 4.41. The molecule has 0 aliphatic rings. The van der Waals surface area contributed by atoms with Crippen LogP contribution in [0.4, 0.5) is 5.69 Å². The van der Waals surface area contributed by atoms with E-state index in [2.05, 4.69) is 5.32 Å². The molecule has 4 N–H and O–H groups in total. The minimum atomic E-state index is -0.213. The van der Waals surface area contributed by atoms with Crippen LogP contribution in [0.3, 0.4) is 0 Å². The van der Waals surface area contributed by atoms with Crippen LogP contribution >= 0.6 is 23.2 Å². The predicted octanol–water partition coefficient (Wildman–Crippen LogP) is 3.25. The Labute approximate surface area is 128 Å². The lowest BCUT2D eigenvalue weighted by molar-refractivity contribution is 0.288. The van der Waals surface area contributed by atoms with E-state index in [1.165, 1.54) is 0 Å². The highest BCUT2D eigenvalue weighted by Crippen LogP contribution is 2.32. The van der Waals surface area contributed by atoms with Gasteiger partial charge >= 0.3 is 0 Å². The summed E-state index contributed by atoms with van der Waals surface area (Å²) >= 11 is 12.3. The largest absolute Gasteiger partial charge is 0.398 e. The Balaban J connectivity index is 2.47. The van der Waals surface area contributed by atoms with E-state index < -0.39 is 0 Å². The molecule has 106 valence electrons. The molecule has 2 aromatic rings. The van der Waals surface area contributed by atoms with Gasteiger partial charge in [-0.3, -0.25) is 0 Å². The SMILES string of the molecule is Nc1ccc(Cl)cc1C(NCCO)c1ccccc1Cl. The van der Waals surface area contributed by atoms with Crippen molar-refractivity contribution >= 4 is 28.9 Å². The average molecular weight is 311 g/mol. The smallest absolute Gasteiger partial charge is 0.0613 e. The normalized spacial score (nSPS) is 12.3. The standard InChI is InChI=1S/C15H16Cl2N2O/c16-10-5-6-14(18)12(9-10)15(19-7-8-20)11-3-1-2-4-13(11)17/h1-6,9,15,19-20H,7-8,18H2. The number of aliphatic hydroxyl groups is 1. The Morgan fingerprint density at radius 3 is 2.55 bits per heavy atom. The van der Waals surface area contributed by atoms with Gasteiger partial charge in [-0.15, -0.1) is 0 Å². The van der Waals surface area contributed by atoms with Crippen LogP contribution in [0.5, 0.6) is 0 Å². The molecule has 1 atom stereocenters. The van der Waals surface area contributed by atoms with Gasteiger partial charge in [-0.2, -0.15) is 0 Å². The van der Waals surface area contributed by atoms with Gasteiger partial charge in [0.2, 0.25) is 0 Å². The van der Waals surface area contributed by atoms with Gasteiger partial charge in [0.1, 0.15) is 0 Å². The number of halogens is 2. The van der Waals surface area contributed by atoms with Crippen molar-refractivity contribution in [1.29, 1.82) is 0 Å². The highest BCUT2D eigenvalue weighted by atomic mass is 35.5. The highest BCUT2D eigenvalue weighted by Gasteiger charge is 2.18. The molecular weight excluding hydrogens is 295 g/mol. The lowest BCUT2D eigenvalue weighted by Gasteiger charge is -2.22. The van der Waals surface area contributed by atoms with E-state index in [1.54, 1.807) is 12.1 Å². The molecule has 0 saturated carbocycles. The highest BCUT2D eigenvalue weighted by molar-refractivity contribution is 6.31. The Morgan fingerprint density at radius 2 is 1.85 bits per heavy atom. The Hall–Kier alpha value is -1.26. The van der Waals surface area contributed by atoms with E-state index in [4.69, 9.17) is 34.0 Å². The molecule has 0 aliphatic heterocycles. The molecule has 0 amide bonds. The molecule has 0 saturated heterocycles. The number of benzene rings is 2. The molecule has 0 radical (unpaired) electrons. The molecule has 20 heavy (non-hydrogen) atoms. The van der Waals surface area contributed by atoms with Crippen LogP contribution in [0.15, 0.2) is 42.5 Å². The zero-order valence-electron chi connectivity index (χ0n) is 10.8. The number of nitrogen functional groups attached to an aromatic ring is 1. The third kappa shape index (κ3) is 3.44. The fourth-order valence-electron chi connectivity index (χ4n) is 2.10. The van der Waals surface area contributed by atoms with E-state index in [1.807, 2.05) is 30.3 Å². The molecule has 3 nitrogen and oxygen atoms in total. The molecule has 5 heteroatoms. The quantitative estimate of drug-likeness (QED) is 0.743. The molecular formula is C15H16Cl2N2O. The van der Waals surface area contributed by atoms with Crippen molar-refractivity contribution in [3.63, 3.8) is 0 Å².